The first-order valence-electron chi connectivity index (χ1n) is 11.3. The molecule has 174 valence electrons. The van der Waals surface area contributed by atoms with Crippen molar-refractivity contribution in [2.75, 3.05) is 44.8 Å². The van der Waals surface area contributed by atoms with Crippen molar-refractivity contribution in [1.29, 1.82) is 0 Å². The van der Waals surface area contributed by atoms with Crippen LogP contribution in [0, 0.1) is 12.8 Å². The van der Waals surface area contributed by atoms with Crippen molar-refractivity contribution >= 4 is 23.5 Å². The third-order valence-electron chi connectivity index (χ3n) is 6.02. The largest absolute Gasteiger partial charge is 0.495 e. The van der Waals surface area contributed by atoms with E-state index in [9.17, 15) is 9.59 Å². The second-order valence-corrected chi connectivity index (χ2v) is 8.18. The second-order valence-electron chi connectivity index (χ2n) is 8.18. The fourth-order valence-corrected chi connectivity index (χ4v) is 4.37. The van der Waals surface area contributed by atoms with Crippen LogP contribution in [0.15, 0.2) is 53.5 Å². The summed E-state index contributed by atoms with van der Waals surface area (Å²) < 4.78 is 10.7. The number of aryl methyl sites for hydroxylation is 1. The lowest BCUT2D eigenvalue weighted by Gasteiger charge is -2.40. The highest BCUT2D eigenvalue weighted by atomic mass is 16.5. The summed E-state index contributed by atoms with van der Waals surface area (Å²) >= 11 is 0. The minimum absolute atomic E-state index is 0.213. The van der Waals surface area contributed by atoms with Crippen LogP contribution >= 0.6 is 0 Å². The molecule has 4 rings (SSSR count). The number of esters is 1. The number of rotatable bonds is 5. The Kier molecular flexibility index (Phi) is 6.82. The van der Waals surface area contributed by atoms with Gasteiger partial charge in [0.25, 0.3) is 0 Å². The van der Waals surface area contributed by atoms with E-state index in [1.165, 1.54) is 0 Å². The van der Waals surface area contributed by atoms with Crippen LogP contribution in [0.25, 0.3) is 0 Å². The number of piperazine rings is 1. The van der Waals surface area contributed by atoms with E-state index in [2.05, 4.69) is 15.1 Å². The molecule has 0 spiro atoms. The van der Waals surface area contributed by atoms with Gasteiger partial charge in [-0.3, -0.25) is 14.9 Å². The number of amides is 1. The molecule has 2 aromatic rings. The second kappa shape index (κ2) is 9.94. The van der Waals surface area contributed by atoms with Crippen LogP contribution in [-0.4, -0.2) is 62.6 Å². The molecule has 2 aliphatic rings. The molecule has 0 aliphatic carbocycles. The van der Waals surface area contributed by atoms with Gasteiger partial charge in [-0.1, -0.05) is 42.0 Å². The Hall–Kier alpha value is -3.55. The van der Waals surface area contributed by atoms with E-state index in [1.54, 1.807) is 14.0 Å². The number of nitrogens with zero attached hydrogens (tertiary/aromatic N) is 3. The number of carbonyl (C=O) groups excluding carboxylic acids is 2. The number of para-hydroxylation sites is 2. The fourth-order valence-electron chi connectivity index (χ4n) is 4.37. The number of aliphatic imine (C=N–C) groups is 1. The summed E-state index contributed by atoms with van der Waals surface area (Å²) in [6.45, 7) is 6.80. The molecule has 1 N–H and O–H groups in total. The van der Waals surface area contributed by atoms with Gasteiger partial charge in [0.05, 0.1) is 19.4 Å². The average Bonchev–Trinajstić information content (AvgIpc) is 2.83. The number of ether oxygens (including phenoxy) is 2. The molecule has 1 amide bonds. The quantitative estimate of drug-likeness (QED) is 0.557. The van der Waals surface area contributed by atoms with Gasteiger partial charge in [0.15, 0.2) is 5.92 Å². The molecule has 0 aromatic heterocycles. The molecule has 2 aromatic carbocycles. The Morgan fingerprint density at radius 2 is 1.82 bits per heavy atom. The molecule has 1 fully saturated rings. The van der Waals surface area contributed by atoms with Crippen molar-refractivity contribution in [3.63, 3.8) is 0 Å². The third kappa shape index (κ3) is 4.79. The Bertz CT molecular complexity index is 1050. The van der Waals surface area contributed by atoms with Gasteiger partial charge in [-0.15, -0.1) is 0 Å². The number of hydrogen-bond acceptors (Lipinski definition) is 7. The number of hydrogen-bond donors (Lipinski definition) is 1. The smallest absolute Gasteiger partial charge is 0.321 e. The monoisotopic (exact) mass is 450 g/mol. The third-order valence-corrected chi connectivity index (χ3v) is 6.02. The molecular weight excluding hydrogens is 420 g/mol. The van der Waals surface area contributed by atoms with E-state index in [0.29, 0.717) is 19.0 Å². The van der Waals surface area contributed by atoms with Crippen LogP contribution in [0.1, 0.15) is 24.1 Å². The van der Waals surface area contributed by atoms with Crippen molar-refractivity contribution in [2.24, 2.45) is 10.9 Å². The van der Waals surface area contributed by atoms with Crippen LogP contribution in [0.3, 0.4) is 0 Å². The van der Waals surface area contributed by atoms with E-state index < -0.39 is 17.9 Å². The molecule has 2 heterocycles. The minimum Gasteiger partial charge on any atom is -0.495 e. The Morgan fingerprint density at radius 3 is 2.52 bits per heavy atom. The highest BCUT2D eigenvalue weighted by molar-refractivity contribution is 6.08. The van der Waals surface area contributed by atoms with Gasteiger partial charge in [0.1, 0.15) is 11.8 Å². The highest BCUT2D eigenvalue weighted by Crippen LogP contribution is 2.32. The summed E-state index contributed by atoms with van der Waals surface area (Å²) in [6, 6.07) is 15.1. The summed E-state index contributed by atoms with van der Waals surface area (Å²) in [4.78, 5) is 34.9. The lowest BCUT2D eigenvalue weighted by Crippen LogP contribution is -2.57. The van der Waals surface area contributed by atoms with Crippen LogP contribution in [0.5, 0.6) is 5.75 Å². The molecule has 0 bridgehead atoms. The SMILES string of the molecule is CCOC(=O)C1C(=O)NC(N2CCN(c3ccccc3OC)CC2)=NC1c1cccc(C)c1. The molecule has 2 aliphatic heterocycles. The van der Waals surface area contributed by atoms with E-state index in [4.69, 9.17) is 14.5 Å². The summed E-state index contributed by atoms with van der Waals surface area (Å²) in [7, 11) is 1.67. The normalized spacial score (nSPS) is 20.7. The average molecular weight is 451 g/mol. The highest BCUT2D eigenvalue weighted by Gasteiger charge is 2.42. The van der Waals surface area contributed by atoms with Crippen LogP contribution in [-0.2, 0) is 14.3 Å². The van der Waals surface area contributed by atoms with Gasteiger partial charge in [0.2, 0.25) is 11.9 Å². The molecule has 33 heavy (non-hydrogen) atoms. The van der Waals surface area contributed by atoms with Crippen LogP contribution < -0.4 is 15.0 Å². The lowest BCUT2D eigenvalue weighted by molar-refractivity contribution is -0.153. The molecule has 0 radical (unpaired) electrons. The zero-order valence-electron chi connectivity index (χ0n) is 19.3. The standard InChI is InChI=1S/C25H30N4O4/c1-4-33-24(31)21-22(18-9-7-8-17(2)16-18)26-25(27-23(21)30)29-14-12-28(13-15-29)19-10-5-6-11-20(19)32-3/h5-11,16,21-22H,4,12-15H2,1-3H3,(H,26,27,30). The first-order valence-corrected chi connectivity index (χ1v) is 11.3. The molecule has 2 atom stereocenters. The molecule has 8 heteroatoms. The maximum Gasteiger partial charge on any atom is 0.321 e. The predicted octanol–water partition coefficient (Wildman–Crippen LogP) is 2.53. The molecule has 2 unspecified atom stereocenters. The number of benzene rings is 2. The fraction of sp³-hybridized carbons (Fsp3) is 0.400. The van der Waals surface area contributed by atoms with Crippen molar-refractivity contribution < 1.29 is 19.1 Å². The van der Waals surface area contributed by atoms with Gasteiger partial charge in [-0.25, -0.2) is 4.99 Å². The molecule has 0 saturated carbocycles. The number of guanidine groups is 1. The number of carbonyl (C=O) groups is 2. The van der Waals surface area contributed by atoms with Crippen LogP contribution in [0.2, 0.25) is 0 Å². The van der Waals surface area contributed by atoms with Crippen LogP contribution in [0.4, 0.5) is 5.69 Å². The van der Waals surface area contributed by atoms with Gasteiger partial charge >= 0.3 is 5.97 Å². The topological polar surface area (TPSA) is 83.5 Å². The lowest BCUT2D eigenvalue weighted by atomic mass is 9.90. The van der Waals surface area contributed by atoms with E-state index in [0.717, 1.165) is 35.7 Å². The zero-order valence-corrected chi connectivity index (χ0v) is 19.3. The maximum absolute atomic E-state index is 13.1. The van der Waals surface area contributed by atoms with Gasteiger partial charge in [0, 0.05) is 26.2 Å². The summed E-state index contributed by atoms with van der Waals surface area (Å²) in [5.74, 6) is -0.592. The van der Waals surface area contributed by atoms with Crippen molar-refractivity contribution in [2.45, 2.75) is 19.9 Å². The van der Waals surface area contributed by atoms with E-state index in [-0.39, 0.29) is 12.5 Å². The number of anilines is 1. The minimum atomic E-state index is -1.01. The molecule has 8 nitrogen and oxygen atoms in total. The Labute approximate surface area is 194 Å². The van der Waals surface area contributed by atoms with Gasteiger partial charge in [-0.2, -0.15) is 0 Å². The molecular formula is C25H30N4O4. The van der Waals surface area contributed by atoms with Gasteiger partial charge in [-0.05, 0) is 31.5 Å². The zero-order chi connectivity index (χ0) is 23.4. The number of nitrogens with one attached hydrogen (secondary N) is 1. The maximum atomic E-state index is 13.1. The van der Waals surface area contributed by atoms with E-state index in [1.807, 2.05) is 55.5 Å². The van der Waals surface area contributed by atoms with Crippen molar-refractivity contribution in [3.8, 4) is 5.75 Å². The van der Waals surface area contributed by atoms with Crippen molar-refractivity contribution in [3.05, 3.63) is 59.7 Å². The Morgan fingerprint density at radius 1 is 1.09 bits per heavy atom. The number of methoxy groups -OCH3 is 1. The van der Waals surface area contributed by atoms with Crippen molar-refractivity contribution in [1.82, 2.24) is 10.2 Å². The summed E-state index contributed by atoms with van der Waals surface area (Å²) in [6.07, 6.45) is 0. The Balaban J connectivity index is 1.57. The van der Waals surface area contributed by atoms with E-state index >= 15 is 0 Å². The summed E-state index contributed by atoms with van der Waals surface area (Å²) in [5.41, 5.74) is 2.92. The predicted molar refractivity (Wildman–Crippen MR) is 126 cm³/mol. The van der Waals surface area contributed by atoms with Gasteiger partial charge < -0.3 is 19.3 Å². The first-order chi connectivity index (χ1) is 16.0. The summed E-state index contributed by atoms with van der Waals surface area (Å²) in [5, 5.41) is 2.86. The first kappa shape index (κ1) is 22.6. The molecule has 1 saturated heterocycles.